The molecule has 3 aromatic rings. The van der Waals surface area contributed by atoms with Crippen molar-refractivity contribution < 1.29 is 14.3 Å². The van der Waals surface area contributed by atoms with Crippen LogP contribution in [0, 0.1) is 0 Å². The van der Waals surface area contributed by atoms with Crippen LogP contribution in [-0.4, -0.2) is 39.3 Å². The van der Waals surface area contributed by atoms with Gasteiger partial charge in [0.05, 0.1) is 7.11 Å². The molecule has 0 aromatic heterocycles. The highest BCUT2D eigenvalue weighted by atomic mass is 32.2. The molecule has 7 nitrogen and oxygen atoms in total. The molecule has 36 heavy (non-hydrogen) atoms. The molecule has 0 saturated carbocycles. The minimum Gasteiger partial charge on any atom is -0.497 e. The van der Waals surface area contributed by atoms with Crippen LogP contribution in [0.1, 0.15) is 12.0 Å². The zero-order chi connectivity index (χ0) is 26.2. The lowest BCUT2D eigenvalue weighted by atomic mass is 10.0. The lowest BCUT2D eigenvalue weighted by Crippen LogP contribution is -2.32. The van der Waals surface area contributed by atoms with Crippen LogP contribution < -0.4 is 25.4 Å². The van der Waals surface area contributed by atoms with Crippen molar-refractivity contribution in [3.63, 3.8) is 0 Å². The molecule has 0 radical (unpaired) electrons. The molecular formula is C28H34N4O3S. The number of nitrogens with two attached hydrogens (primary N) is 1. The first-order valence-electron chi connectivity index (χ1n) is 11.5. The smallest absolute Gasteiger partial charge is 0.250 e. The van der Waals surface area contributed by atoms with Crippen LogP contribution >= 0.6 is 11.9 Å². The van der Waals surface area contributed by atoms with Crippen LogP contribution in [0.5, 0.6) is 5.75 Å². The Labute approximate surface area is 217 Å². The summed E-state index contributed by atoms with van der Waals surface area (Å²) >= 11 is 1.62. The maximum atomic E-state index is 11.9. The van der Waals surface area contributed by atoms with Gasteiger partial charge in [-0.3, -0.25) is 14.3 Å². The zero-order valence-corrected chi connectivity index (χ0v) is 21.8. The number of nitrogens with one attached hydrogen (secondary N) is 2. The van der Waals surface area contributed by atoms with Gasteiger partial charge < -0.3 is 20.7 Å². The standard InChI is InChI=1S/C19H20N2OS.C8H9NO2.CH5N/c1-23-20-14-15-5-4-6-17(13-15)16-8-10-18(11-9-16)21-12-3-2-7-19(21)22;1-11-8-4-2-7(3-5-8)9-6-10;1-2/h2,4-11,13,20H,3,12,14H2,1H3;2-6H,1H3,(H,9,10);2H2,1H3. The molecule has 4 N–H and O–H groups in total. The maximum absolute atomic E-state index is 11.9. The van der Waals surface area contributed by atoms with Crippen LogP contribution in [0.3, 0.4) is 0 Å². The van der Waals surface area contributed by atoms with E-state index < -0.39 is 0 Å². The van der Waals surface area contributed by atoms with E-state index in [0.717, 1.165) is 36.6 Å². The third-order valence-electron chi connectivity index (χ3n) is 5.22. The Morgan fingerprint density at radius 3 is 2.36 bits per heavy atom. The Balaban J connectivity index is 0.000000295. The molecule has 8 heteroatoms. The summed E-state index contributed by atoms with van der Waals surface area (Å²) < 4.78 is 8.20. The third-order valence-corrected chi connectivity index (χ3v) is 5.65. The number of carbonyl (C=O) groups is 2. The van der Waals surface area contributed by atoms with Gasteiger partial charge in [0.25, 0.3) is 5.91 Å². The molecule has 0 atom stereocenters. The Bertz CT molecular complexity index is 1100. The first-order valence-corrected chi connectivity index (χ1v) is 12.7. The van der Waals surface area contributed by atoms with E-state index >= 15 is 0 Å². The zero-order valence-electron chi connectivity index (χ0n) is 20.9. The fourth-order valence-electron chi connectivity index (χ4n) is 3.45. The van der Waals surface area contributed by atoms with Crippen molar-refractivity contribution in [2.24, 2.45) is 5.73 Å². The molecule has 2 amide bonds. The number of hydrogen-bond donors (Lipinski definition) is 3. The van der Waals surface area contributed by atoms with Crippen LogP contribution in [0.2, 0.25) is 0 Å². The van der Waals surface area contributed by atoms with E-state index in [1.165, 1.54) is 23.7 Å². The largest absolute Gasteiger partial charge is 0.497 e. The van der Waals surface area contributed by atoms with Crippen molar-refractivity contribution in [1.29, 1.82) is 0 Å². The van der Waals surface area contributed by atoms with E-state index in [0.29, 0.717) is 6.41 Å². The summed E-state index contributed by atoms with van der Waals surface area (Å²) in [5.74, 6) is 0.843. The lowest BCUT2D eigenvalue weighted by Gasteiger charge is -2.23. The molecule has 0 bridgehead atoms. The number of amides is 2. The highest BCUT2D eigenvalue weighted by Crippen LogP contribution is 2.25. The fourth-order valence-corrected chi connectivity index (χ4v) is 3.76. The molecule has 4 rings (SSSR count). The van der Waals surface area contributed by atoms with Gasteiger partial charge in [-0.1, -0.05) is 48.4 Å². The van der Waals surface area contributed by atoms with Crippen LogP contribution in [0.15, 0.2) is 84.9 Å². The Hall–Kier alpha value is -3.59. The summed E-state index contributed by atoms with van der Waals surface area (Å²) in [5, 5.41) is 2.52. The van der Waals surface area contributed by atoms with Crippen molar-refractivity contribution in [3.05, 3.63) is 90.5 Å². The minimum absolute atomic E-state index is 0.0640. The number of ether oxygens (including phenoxy) is 1. The minimum atomic E-state index is 0.0640. The Kier molecular flexibility index (Phi) is 12.9. The van der Waals surface area contributed by atoms with Crippen molar-refractivity contribution in [3.8, 4) is 16.9 Å². The number of hydrogen-bond acceptors (Lipinski definition) is 6. The van der Waals surface area contributed by atoms with Crippen LogP contribution in [0.25, 0.3) is 11.1 Å². The molecule has 0 unspecified atom stereocenters. The summed E-state index contributed by atoms with van der Waals surface area (Å²) in [6, 6.07) is 23.9. The highest BCUT2D eigenvalue weighted by Gasteiger charge is 2.15. The topological polar surface area (TPSA) is 96.7 Å². The van der Waals surface area contributed by atoms with E-state index in [1.54, 1.807) is 49.4 Å². The molecule has 1 aliphatic rings. The quantitative estimate of drug-likeness (QED) is 0.298. The van der Waals surface area contributed by atoms with Gasteiger partial charge in [0, 0.05) is 24.5 Å². The molecule has 1 heterocycles. The molecule has 0 spiro atoms. The summed E-state index contributed by atoms with van der Waals surface area (Å²) in [6.45, 7) is 1.60. The number of carbonyl (C=O) groups excluding carboxylic acids is 2. The number of methoxy groups -OCH3 is 1. The van der Waals surface area contributed by atoms with E-state index in [4.69, 9.17) is 4.74 Å². The lowest BCUT2D eigenvalue weighted by molar-refractivity contribution is -0.114. The van der Waals surface area contributed by atoms with Gasteiger partial charge in [0.2, 0.25) is 6.41 Å². The maximum Gasteiger partial charge on any atom is 0.250 e. The van der Waals surface area contributed by atoms with E-state index in [-0.39, 0.29) is 5.91 Å². The van der Waals surface area contributed by atoms with Crippen LogP contribution in [-0.2, 0) is 16.1 Å². The normalized spacial score (nSPS) is 12.0. The molecule has 0 aliphatic carbocycles. The number of rotatable bonds is 8. The molecule has 3 aromatic carbocycles. The van der Waals surface area contributed by atoms with Gasteiger partial charge in [-0.2, -0.15) is 0 Å². The van der Waals surface area contributed by atoms with Crippen molar-refractivity contribution >= 4 is 35.6 Å². The average Bonchev–Trinajstić information content (AvgIpc) is 2.94. The second kappa shape index (κ2) is 16.1. The highest BCUT2D eigenvalue weighted by molar-refractivity contribution is 7.96. The van der Waals surface area contributed by atoms with Gasteiger partial charge in [-0.25, -0.2) is 0 Å². The molecule has 1 aliphatic heterocycles. The van der Waals surface area contributed by atoms with E-state index in [9.17, 15) is 9.59 Å². The summed E-state index contributed by atoms with van der Waals surface area (Å²) in [5.41, 5.74) is 9.85. The summed E-state index contributed by atoms with van der Waals surface area (Å²) in [7, 11) is 3.10. The summed E-state index contributed by atoms with van der Waals surface area (Å²) in [6.07, 6.45) is 7.17. The second-order valence-electron chi connectivity index (χ2n) is 7.44. The number of benzene rings is 3. The van der Waals surface area contributed by atoms with Gasteiger partial charge in [-0.05, 0) is 85.0 Å². The number of anilines is 2. The van der Waals surface area contributed by atoms with Crippen molar-refractivity contribution in [2.45, 2.75) is 13.0 Å². The fraction of sp³-hybridized carbons (Fsp3) is 0.214. The first kappa shape index (κ1) is 28.6. The SMILES string of the molecule is CN.COc1ccc(NC=O)cc1.CSNCc1cccc(-c2ccc(N3CCC=CC3=O)cc2)c1. The summed E-state index contributed by atoms with van der Waals surface area (Å²) in [4.78, 5) is 23.7. The van der Waals surface area contributed by atoms with Crippen molar-refractivity contribution in [1.82, 2.24) is 4.72 Å². The molecular weight excluding hydrogens is 472 g/mol. The number of nitrogens with zero attached hydrogens (tertiary/aromatic N) is 1. The van der Waals surface area contributed by atoms with Gasteiger partial charge in [-0.15, -0.1) is 0 Å². The predicted molar refractivity (Wildman–Crippen MR) is 151 cm³/mol. The van der Waals surface area contributed by atoms with E-state index in [1.807, 2.05) is 29.4 Å². The predicted octanol–water partition coefficient (Wildman–Crippen LogP) is 4.85. The van der Waals surface area contributed by atoms with Crippen molar-refractivity contribution in [2.75, 3.05) is 37.2 Å². The third kappa shape index (κ3) is 8.88. The second-order valence-corrected chi connectivity index (χ2v) is 8.14. The Morgan fingerprint density at radius 2 is 1.75 bits per heavy atom. The monoisotopic (exact) mass is 506 g/mol. The molecule has 0 fully saturated rings. The molecule has 190 valence electrons. The van der Waals surface area contributed by atoms with Gasteiger partial charge >= 0.3 is 0 Å². The first-order chi connectivity index (χ1) is 17.6. The Morgan fingerprint density at radius 1 is 1.03 bits per heavy atom. The average molecular weight is 507 g/mol. The van der Waals surface area contributed by atoms with E-state index in [2.05, 4.69) is 52.2 Å². The molecule has 0 saturated heterocycles. The van der Waals surface area contributed by atoms with Gasteiger partial charge in [0.15, 0.2) is 0 Å². The van der Waals surface area contributed by atoms with Gasteiger partial charge in [0.1, 0.15) is 5.75 Å². The van der Waals surface area contributed by atoms with Crippen LogP contribution in [0.4, 0.5) is 11.4 Å².